The van der Waals surface area contributed by atoms with Crippen molar-refractivity contribution in [3.05, 3.63) is 18.2 Å². The third kappa shape index (κ3) is 4.36. The predicted molar refractivity (Wildman–Crippen MR) is 86.3 cm³/mol. The smallest absolute Gasteiger partial charge is 0.230 e. The van der Waals surface area contributed by atoms with Gasteiger partial charge in [0.2, 0.25) is 5.91 Å². The van der Waals surface area contributed by atoms with E-state index in [9.17, 15) is 4.79 Å². The molecule has 0 bridgehead atoms. The molecule has 0 radical (unpaired) electrons. The van der Waals surface area contributed by atoms with Crippen LogP contribution in [0.25, 0.3) is 0 Å². The number of anilines is 1. The van der Waals surface area contributed by atoms with Gasteiger partial charge in [-0.3, -0.25) is 4.79 Å². The number of fused-ring (bicyclic) bond motifs is 1. The maximum atomic E-state index is 12.2. The van der Waals surface area contributed by atoms with Crippen LogP contribution in [0.4, 0.5) is 5.69 Å². The summed E-state index contributed by atoms with van der Waals surface area (Å²) in [5.74, 6) is 1.45. The zero-order chi connectivity index (χ0) is 16.2. The summed E-state index contributed by atoms with van der Waals surface area (Å²) in [4.78, 5) is 13.6. The molecule has 23 heavy (non-hydrogen) atoms. The predicted octanol–water partition coefficient (Wildman–Crippen LogP) is 0.479. The number of quaternary nitrogens is 1. The van der Waals surface area contributed by atoms with Crippen LogP contribution in [0.2, 0.25) is 0 Å². The first-order valence-electron chi connectivity index (χ1n) is 8.28. The SMILES string of the molecule is CC1C[NH+](CCC(=O)Nc2ccc3c(c2)OCCO3)CC(C)O1. The number of morpholine rings is 1. The quantitative estimate of drug-likeness (QED) is 0.847. The second-order valence-corrected chi connectivity index (χ2v) is 6.32. The van der Waals surface area contributed by atoms with E-state index in [1.165, 1.54) is 4.90 Å². The Kier molecular flexibility index (Phi) is 5.03. The summed E-state index contributed by atoms with van der Waals surface area (Å²) in [7, 11) is 0. The third-order valence-electron chi connectivity index (χ3n) is 4.15. The Balaban J connectivity index is 1.49. The molecule has 0 aromatic heterocycles. The summed E-state index contributed by atoms with van der Waals surface area (Å²) in [5, 5.41) is 2.93. The standard InChI is InChI=1S/C17H24N2O4/c1-12-10-19(11-13(2)23-12)6-5-17(20)18-14-3-4-15-16(9-14)22-8-7-21-15/h3-4,9,12-13H,5-8,10-11H2,1-2H3,(H,18,20)/p+1. The Hall–Kier alpha value is -1.79. The van der Waals surface area contributed by atoms with Gasteiger partial charge in [-0.1, -0.05) is 0 Å². The highest BCUT2D eigenvalue weighted by molar-refractivity contribution is 5.91. The minimum Gasteiger partial charge on any atom is -0.486 e. The number of amides is 1. The monoisotopic (exact) mass is 321 g/mol. The largest absolute Gasteiger partial charge is 0.486 e. The summed E-state index contributed by atoms with van der Waals surface area (Å²) >= 11 is 0. The Morgan fingerprint density at radius 3 is 2.61 bits per heavy atom. The number of benzene rings is 1. The van der Waals surface area contributed by atoms with Crippen molar-refractivity contribution in [3.8, 4) is 11.5 Å². The summed E-state index contributed by atoms with van der Waals surface area (Å²) in [6, 6.07) is 5.50. The van der Waals surface area contributed by atoms with Crippen LogP contribution < -0.4 is 19.7 Å². The summed E-state index contributed by atoms with van der Waals surface area (Å²) in [6.45, 7) is 8.03. The highest BCUT2D eigenvalue weighted by Gasteiger charge is 2.25. The van der Waals surface area contributed by atoms with Gasteiger partial charge in [-0.05, 0) is 26.0 Å². The number of rotatable bonds is 4. The zero-order valence-corrected chi connectivity index (χ0v) is 13.8. The fraction of sp³-hybridized carbons (Fsp3) is 0.588. The average Bonchev–Trinajstić information content (AvgIpc) is 2.52. The first-order valence-corrected chi connectivity index (χ1v) is 8.28. The second kappa shape index (κ2) is 7.19. The molecule has 2 aliphatic rings. The third-order valence-corrected chi connectivity index (χ3v) is 4.15. The van der Waals surface area contributed by atoms with Crippen LogP contribution in [-0.4, -0.2) is 51.0 Å². The zero-order valence-electron chi connectivity index (χ0n) is 13.8. The van der Waals surface area contributed by atoms with Crippen LogP contribution >= 0.6 is 0 Å². The van der Waals surface area contributed by atoms with E-state index < -0.39 is 0 Å². The summed E-state index contributed by atoms with van der Waals surface area (Å²) < 4.78 is 16.7. The van der Waals surface area contributed by atoms with Crippen molar-refractivity contribution in [1.82, 2.24) is 0 Å². The summed E-state index contributed by atoms with van der Waals surface area (Å²) in [6.07, 6.45) is 1.02. The number of carbonyl (C=O) groups is 1. The van der Waals surface area contributed by atoms with Crippen molar-refractivity contribution in [1.29, 1.82) is 0 Å². The van der Waals surface area contributed by atoms with Crippen molar-refractivity contribution in [2.45, 2.75) is 32.5 Å². The van der Waals surface area contributed by atoms with E-state index in [4.69, 9.17) is 14.2 Å². The Bertz CT molecular complexity index is 554. The maximum absolute atomic E-state index is 12.2. The number of ether oxygens (including phenoxy) is 3. The van der Waals surface area contributed by atoms with Gasteiger partial charge in [0.05, 0.1) is 13.0 Å². The minimum absolute atomic E-state index is 0.0287. The van der Waals surface area contributed by atoms with E-state index in [1.807, 2.05) is 18.2 Å². The molecule has 0 aliphatic carbocycles. The van der Waals surface area contributed by atoms with Crippen molar-refractivity contribution >= 4 is 11.6 Å². The molecule has 0 saturated carbocycles. The fourth-order valence-electron chi connectivity index (χ4n) is 3.23. The average molecular weight is 321 g/mol. The highest BCUT2D eigenvalue weighted by atomic mass is 16.6. The van der Waals surface area contributed by atoms with Gasteiger partial charge in [0.25, 0.3) is 0 Å². The molecule has 2 heterocycles. The van der Waals surface area contributed by atoms with E-state index in [0.717, 1.165) is 31.1 Å². The highest BCUT2D eigenvalue weighted by Crippen LogP contribution is 2.32. The number of hydrogen-bond acceptors (Lipinski definition) is 4. The van der Waals surface area contributed by atoms with Crippen LogP contribution in [0.15, 0.2) is 18.2 Å². The van der Waals surface area contributed by atoms with Gasteiger partial charge in [-0.2, -0.15) is 0 Å². The van der Waals surface area contributed by atoms with E-state index in [2.05, 4.69) is 19.2 Å². The molecule has 3 rings (SSSR count). The lowest BCUT2D eigenvalue weighted by molar-refractivity contribution is -0.914. The second-order valence-electron chi connectivity index (χ2n) is 6.32. The first-order chi connectivity index (χ1) is 11.1. The Labute approximate surface area is 136 Å². The molecular formula is C17H25N2O4+. The number of hydrogen-bond donors (Lipinski definition) is 2. The molecule has 0 spiro atoms. The molecule has 1 aromatic rings. The first kappa shape index (κ1) is 16.1. The van der Waals surface area contributed by atoms with Crippen LogP contribution in [0.1, 0.15) is 20.3 Å². The molecule has 6 heteroatoms. The van der Waals surface area contributed by atoms with E-state index in [0.29, 0.717) is 25.4 Å². The molecule has 126 valence electrons. The van der Waals surface area contributed by atoms with Gasteiger partial charge in [0.1, 0.15) is 38.5 Å². The molecule has 1 aromatic carbocycles. The van der Waals surface area contributed by atoms with E-state index in [-0.39, 0.29) is 18.1 Å². The molecule has 2 N–H and O–H groups in total. The minimum atomic E-state index is 0.0287. The normalized spacial score (nSPS) is 26.6. The van der Waals surface area contributed by atoms with Crippen molar-refractivity contribution in [2.75, 3.05) is 38.2 Å². The van der Waals surface area contributed by atoms with Crippen molar-refractivity contribution in [3.63, 3.8) is 0 Å². The van der Waals surface area contributed by atoms with E-state index >= 15 is 0 Å². The van der Waals surface area contributed by atoms with Crippen LogP contribution in [0.5, 0.6) is 11.5 Å². The number of nitrogens with one attached hydrogen (secondary N) is 2. The van der Waals surface area contributed by atoms with Gasteiger partial charge in [0, 0.05) is 11.8 Å². The molecule has 1 fully saturated rings. The Morgan fingerprint density at radius 1 is 1.17 bits per heavy atom. The lowest BCUT2D eigenvalue weighted by Gasteiger charge is -2.32. The lowest BCUT2D eigenvalue weighted by Crippen LogP contribution is -3.15. The van der Waals surface area contributed by atoms with Crippen LogP contribution in [0.3, 0.4) is 0 Å². The molecule has 2 unspecified atom stereocenters. The molecular weight excluding hydrogens is 296 g/mol. The van der Waals surface area contributed by atoms with Crippen LogP contribution in [-0.2, 0) is 9.53 Å². The van der Waals surface area contributed by atoms with Gasteiger partial charge < -0.3 is 24.4 Å². The van der Waals surface area contributed by atoms with Gasteiger partial charge >= 0.3 is 0 Å². The van der Waals surface area contributed by atoms with Crippen LogP contribution in [0, 0.1) is 0 Å². The maximum Gasteiger partial charge on any atom is 0.230 e. The molecule has 6 nitrogen and oxygen atoms in total. The lowest BCUT2D eigenvalue weighted by atomic mass is 10.2. The number of carbonyl (C=O) groups excluding carboxylic acids is 1. The van der Waals surface area contributed by atoms with Crippen molar-refractivity contribution < 1.29 is 23.9 Å². The Morgan fingerprint density at radius 2 is 1.87 bits per heavy atom. The molecule has 1 amide bonds. The molecule has 2 atom stereocenters. The van der Waals surface area contributed by atoms with Gasteiger partial charge in [0.15, 0.2) is 11.5 Å². The summed E-state index contributed by atoms with van der Waals surface area (Å²) in [5.41, 5.74) is 0.748. The topological polar surface area (TPSA) is 61.2 Å². The fourth-order valence-corrected chi connectivity index (χ4v) is 3.23. The van der Waals surface area contributed by atoms with E-state index in [1.54, 1.807) is 0 Å². The van der Waals surface area contributed by atoms with Gasteiger partial charge in [-0.25, -0.2) is 0 Å². The molecule has 1 saturated heterocycles. The van der Waals surface area contributed by atoms with Crippen molar-refractivity contribution in [2.24, 2.45) is 0 Å². The van der Waals surface area contributed by atoms with Gasteiger partial charge in [-0.15, -0.1) is 0 Å². The molecule has 2 aliphatic heterocycles.